The van der Waals surface area contributed by atoms with E-state index in [0.717, 1.165) is 44.4 Å². The Labute approximate surface area is 170 Å². The SMILES string of the molecule is CN1C[C@H](COCc2cccnc2)[C@]2(CCN(C(=O)Cc3ccc(F)cn3)C2)C1. The molecule has 1 amide bonds. The van der Waals surface area contributed by atoms with Gasteiger partial charge in [-0.1, -0.05) is 6.07 Å². The van der Waals surface area contributed by atoms with Gasteiger partial charge in [-0.25, -0.2) is 4.39 Å². The molecule has 2 fully saturated rings. The smallest absolute Gasteiger partial charge is 0.228 e. The fourth-order valence-electron chi connectivity index (χ4n) is 4.68. The molecule has 0 unspecified atom stereocenters. The molecular weight excluding hydrogens is 371 g/mol. The summed E-state index contributed by atoms with van der Waals surface area (Å²) >= 11 is 0. The molecule has 0 radical (unpaired) electrons. The fraction of sp³-hybridized carbons (Fsp3) is 0.500. The quantitative estimate of drug-likeness (QED) is 0.746. The van der Waals surface area contributed by atoms with Gasteiger partial charge in [0, 0.05) is 55.6 Å². The molecule has 0 aliphatic carbocycles. The third-order valence-corrected chi connectivity index (χ3v) is 6.15. The molecule has 0 saturated carbocycles. The van der Waals surface area contributed by atoms with Crippen LogP contribution >= 0.6 is 0 Å². The number of carbonyl (C=O) groups is 1. The van der Waals surface area contributed by atoms with E-state index in [4.69, 9.17) is 4.74 Å². The molecule has 0 aromatic carbocycles. The summed E-state index contributed by atoms with van der Waals surface area (Å²) in [5.74, 6) is 0.0703. The van der Waals surface area contributed by atoms with E-state index in [0.29, 0.717) is 24.8 Å². The van der Waals surface area contributed by atoms with Gasteiger partial charge in [0.2, 0.25) is 5.91 Å². The van der Waals surface area contributed by atoms with Gasteiger partial charge in [-0.05, 0) is 37.2 Å². The largest absolute Gasteiger partial charge is 0.376 e. The van der Waals surface area contributed by atoms with Crippen molar-refractivity contribution in [2.75, 3.05) is 39.8 Å². The maximum absolute atomic E-state index is 13.0. The van der Waals surface area contributed by atoms with Crippen LogP contribution in [0.15, 0.2) is 42.9 Å². The summed E-state index contributed by atoms with van der Waals surface area (Å²) in [6, 6.07) is 6.86. The normalized spacial score (nSPS) is 24.5. The summed E-state index contributed by atoms with van der Waals surface area (Å²) in [5.41, 5.74) is 1.76. The molecule has 6 nitrogen and oxygen atoms in total. The van der Waals surface area contributed by atoms with Gasteiger partial charge in [-0.15, -0.1) is 0 Å². The number of amides is 1. The van der Waals surface area contributed by atoms with E-state index in [-0.39, 0.29) is 23.6 Å². The number of likely N-dealkylation sites (tertiary alicyclic amines) is 2. The number of carbonyl (C=O) groups excluding carboxylic acids is 1. The van der Waals surface area contributed by atoms with E-state index in [1.807, 2.05) is 23.2 Å². The minimum Gasteiger partial charge on any atom is -0.376 e. The van der Waals surface area contributed by atoms with Crippen molar-refractivity contribution in [3.63, 3.8) is 0 Å². The lowest BCUT2D eigenvalue weighted by atomic mass is 9.77. The predicted molar refractivity (Wildman–Crippen MR) is 106 cm³/mol. The molecule has 0 N–H and O–H groups in total. The van der Waals surface area contributed by atoms with Crippen LogP contribution in [0.25, 0.3) is 0 Å². The summed E-state index contributed by atoms with van der Waals surface area (Å²) in [6.45, 7) is 4.70. The minimum absolute atomic E-state index is 0.0607. The molecule has 0 bridgehead atoms. The highest BCUT2D eigenvalue weighted by atomic mass is 19.1. The van der Waals surface area contributed by atoms with Gasteiger partial charge in [0.05, 0.1) is 25.8 Å². The Bertz CT molecular complexity index is 832. The van der Waals surface area contributed by atoms with Crippen LogP contribution in [-0.2, 0) is 22.6 Å². The third kappa shape index (κ3) is 4.62. The first-order valence-electron chi connectivity index (χ1n) is 10.1. The van der Waals surface area contributed by atoms with Crippen LogP contribution < -0.4 is 0 Å². The predicted octanol–water partition coefficient (Wildman–Crippen LogP) is 2.16. The molecule has 2 aromatic rings. The zero-order valence-corrected chi connectivity index (χ0v) is 16.8. The molecule has 2 atom stereocenters. The van der Waals surface area contributed by atoms with Gasteiger partial charge in [-0.3, -0.25) is 14.8 Å². The number of pyridine rings is 2. The molecule has 2 aliphatic heterocycles. The summed E-state index contributed by atoms with van der Waals surface area (Å²) < 4.78 is 19.1. The van der Waals surface area contributed by atoms with Crippen LogP contribution in [0, 0.1) is 17.2 Å². The maximum atomic E-state index is 13.0. The second-order valence-electron chi connectivity index (χ2n) is 8.34. The lowest BCUT2D eigenvalue weighted by Crippen LogP contribution is -2.38. The van der Waals surface area contributed by atoms with Crippen LogP contribution in [0.2, 0.25) is 0 Å². The molecule has 154 valence electrons. The van der Waals surface area contributed by atoms with Crippen molar-refractivity contribution < 1.29 is 13.9 Å². The third-order valence-electron chi connectivity index (χ3n) is 6.15. The lowest BCUT2D eigenvalue weighted by molar-refractivity contribution is -0.130. The number of halogens is 1. The molecular formula is C22H27FN4O2. The average molecular weight is 398 g/mol. The summed E-state index contributed by atoms with van der Waals surface area (Å²) in [6.07, 6.45) is 5.96. The van der Waals surface area contributed by atoms with Crippen molar-refractivity contribution in [3.05, 3.63) is 59.9 Å². The van der Waals surface area contributed by atoms with Crippen molar-refractivity contribution in [1.29, 1.82) is 0 Å². The molecule has 1 spiro atoms. The van der Waals surface area contributed by atoms with E-state index in [2.05, 4.69) is 21.9 Å². The first-order chi connectivity index (χ1) is 14.0. The van der Waals surface area contributed by atoms with Crippen LogP contribution in [0.4, 0.5) is 4.39 Å². The maximum Gasteiger partial charge on any atom is 0.228 e. The van der Waals surface area contributed by atoms with Crippen LogP contribution in [0.1, 0.15) is 17.7 Å². The van der Waals surface area contributed by atoms with Crippen molar-refractivity contribution >= 4 is 5.91 Å². The zero-order valence-electron chi connectivity index (χ0n) is 16.8. The van der Waals surface area contributed by atoms with Crippen LogP contribution in [0.3, 0.4) is 0 Å². The van der Waals surface area contributed by atoms with Gasteiger partial charge in [0.1, 0.15) is 5.82 Å². The Hall–Kier alpha value is -2.38. The molecule has 2 aromatic heterocycles. The summed E-state index contributed by atoms with van der Waals surface area (Å²) in [7, 11) is 2.13. The van der Waals surface area contributed by atoms with Crippen molar-refractivity contribution in [2.45, 2.75) is 19.4 Å². The van der Waals surface area contributed by atoms with Crippen LogP contribution in [0.5, 0.6) is 0 Å². The molecule has 29 heavy (non-hydrogen) atoms. The number of hydrogen-bond acceptors (Lipinski definition) is 5. The van der Waals surface area contributed by atoms with Gasteiger partial charge in [0.15, 0.2) is 0 Å². The highest BCUT2D eigenvalue weighted by Crippen LogP contribution is 2.43. The van der Waals surface area contributed by atoms with Gasteiger partial charge < -0.3 is 14.5 Å². The van der Waals surface area contributed by atoms with Gasteiger partial charge >= 0.3 is 0 Å². The van der Waals surface area contributed by atoms with Crippen molar-refractivity contribution in [1.82, 2.24) is 19.8 Å². The first-order valence-corrected chi connectivity index (χ1v) is 10.1. The van der Waals surface area contributed by atoms with E-state index >= 15 is 0 Å². The second kappa shape index (κ2) is 8.55. The number of aromatic nitrogens is 2. The Morgan fingerprint density at radius 3 is 2.97 bits per heavy atom. The van der Waals surface area contributed by atoms with Crippen molar-refractivity contribution in [2.24, 2.45) is 11.3 Å². The first kappa shape index (κ1) is 19.9. The zero-order chi connectivity index (χ0) is 20.3. The lowest BCUT2D eigenvalue weighted by Gasteiger charge is -2.30. The topological polar surface area (TPSA) is 58.6 Å². The van der Waals surface area contributed by atoms with E-state index in [9.17, 15) is 9.18 Å². The Kier molecular flexibility index (Phi) is 5.87. The summed E-state index contributed by atoms with van der Waals surface area (Å²) in [4.78, 5) is 25.2. The van der Waals surface area contributed by atoms with Gasteiger partial charge in [-0.2, -0.15) is 0 Å². The highest BCUT2D eigenvalue weighted by molar-refractivity contribution is 5.78. The minimum atomic E-state index is -0.385. The molecule has 7 heteroatoms. The number of ether oxygens (including phenoxy) is 1. The molecule has 2 aliphatic rings. The van der Waals surface area contributed by atoms with E-state index in [1.165, 1.54) is 6.07 Å². The molecule has 4 heterocycles. The number of rotatable bonds is 6. The summed E-state index contributed by atoms with van der Waals surface area (Å²) in [5, 5.41) is 0. The van der Waals surface area contributed by atoms with E-state index in [1.54, 1.807) is 12.3 Å². The standard InChI is InChI=1S/C22H27FN4O2/c1-26-12-18(14-29-13-17-3-2-7-24-10-17)22(15-26)6-8-27(16-22)21(28)9-20-5-4-19(23)11-25-20/h2-5,7,10-11,18H,6,8-9,12-16H2,1H3/t18-,22-/m1/s1. The van der Waals surface area contributed by atoms with Crippen LogP contribution in [-0.4, -0.2) is 65.5 Å². The number of nitrogens with zero attached hydrogens (tertiary/aromatic N) is 4. The fourth-order valence-corrected chi connectivity index (χ4v) is 4.68. The highest BCUT2D eigenvalue weighted by Gasteiger charge is 2.50. The monoisotopic (exact) mass is 398 g/mol. The van der Waals surface area contributed by atoms with Gasteiger partial charge in [0.25, 0.3) is 0 Å². The average Bonchev–Trinajstić information content (AvgIpc) is 3.28. The Morgan fingerprint density at radius 1 is 1.31 bits per heavy atom. The van der Waals surface area contributed by atoms with E-state index < -0.39 is 0 Å². The Morgan fingerprint density at radius 2 is 2.21 bits per heavy atom. The molecule has 4 rings (SSSR count). The Balaban J connectivity index is 1.35. The molecule has 2 saturated heterocycles. The number of hydrogen-bond donors (Lipinski definition) is 0. The van der Waals surface area contributed by atoms with Crippen molar-refractivity contribution in [3.8, 4) is 0 Å². The second-order valence-corrected chi connectivity index (χ2v) is 8.34.